The van der Waals surface area contributed by atoms with Gasteiger partial charge in [-0.1, -0.05) is 108 Å². The van der Waals surface area contributed by atoms with Gasteiger partial charge in [-0.15, -0.1) is 0 Å². The van der Waals surface area contributed by atoms with E-state index in [0.29, 0.717) is 0 Å². The molecule has 4 aromatic carbocycles. The SMILES string of the molecule is CC(C)(C)c1ccc(-c2cc(C(C)(C)C)ccc2-n2c3ccccc3c3[nH]c4ccccc4c32)cc1. The van der Waals surface area contributed by atoms with E-state index in [9.17, 15) is 0 Å². The Morgan fingerprint density at radius 1 is 0.611 bits per heavy atom. The molecule has 1 N–H and O–H groups in total. The van der Waals surface area contributed by atoms with Crippen LogP contribution in [0.15, 0.2) is 91.0 Å². The second kappa shape index (κ2) is 7.86. The third-order valence-electron chi connectivity index (χ3n) is 7.48. The lowest BCUT2D eigenvalue weighted by molar-refractivity contribution is 0.590. The lowest BCUT2D eigenvalue weighted by Gasteiger charge is -2.23. The van der Waals surface area contributed by atoms with E-state index in [1.807, 2.05) is 0 Å². The fraction of sp³-hybridized carbons (Fsp3) is 0.235. The molecule has 0 fully saturated rings. The number of hydrogen-bond acceptors (Lipinski definition) is 0. The van der Waals surface area contributed by atoms with Crippen molar-refractivity contribution in [2.24, 2.45) is 0 Å². The maximum absolute atomic E-state index is 3.71. The summed E-state index contributed by atoms with van der Waals surface area (Å²) in [5, 5.41) is 2.50. The molecule has 0 spiro atoms. The van der Waals surface area contributed by atoms with Gasteiger partial charge in [0.1, 0.15) is 0 Å². The molecule has 0 unspecified atom stereocenters. The van der Waals surface area contributed by atoms with Crippen molar-refractivity contribution in [3.63, 3.8) is 0 Å². The number of hydrogen-bond donors (Lipinski definition) is 1. The van der Waals surface area contributed by atoms with Crippen molar-refractivity contribution < 1.29 is 0 Å². The number of nitrogens with one attached hydrogen (secondary N) is 1. The van der Waals surface area contributed by atoms with Gasteiger partial charge in [0.15, 0.2) is 0 Å². The average molecular weight is 471 g/mol. The van der Waals surface area contributed by atoms with Gasteiger partial charge in [-0.05, 0) is 51.8 Å². The molecule has 0 saturated carbocycles. The van der Waals surface area contributed by atoms with Gasteiger partial charge in [0, 0.05) is 21.9 Å². The van der Waals surface area contributed by atoms with Crippen LogP contribution >= 0.6 is 0 Å². The van der Waals surface area contributed by atoms with Crippen molar-refractivity contribution in [2.45, 2.75) is 52.4 Å². The largest absolute Gasteiger partial charge is 0.353 e. The number of H-pyrrole nitrogens is 1. The molecule has 0 saturated heterocycles. The Labute approximate surface area is 213 Å². The molecule has 180 valence electrons. The molecule has 0 bridgehead atoms. The summed E-state index contributed by atoms with van der Waals surface area (Å²) >= 11 is 0. The molecule has 0 aliphatic carbocycles. The van der Waals surface area contributed by atoms with Crippen LogP contribution in [-0.4, -0.2) is 9.55 Å². The molecule has 0 atom stereocenters. The molecule has 6 rings (SSSR count). The molecule has 2 heteroatoms. The van der Waals surface area contributed by atoms with Crippen LogP contribution in [0.25, 0.3) is 49.7 Å². The smallest absolute Gasteiger partial charge is 0.0798 e. The molecule has 2 heterocycles. The van der Waals surface area contributed by atoms with Crippen molar-refractivity contribution in [2.75, 3.05) is 0 Å². The Bertz CT molecular complexity index is 1720. The second-order valence-electron chi connectivity index (χ2n) is 12.1. The molecule has 36 heavy (non-hydrogen) atoms. The van der Waals surface area contributed by atoms with Crippen LogP contribution < -0.4 is 0 Å². The van der Waals surface area contributed by atoms with E-state index < -0.39 is 0 Å². The lowest BCUT2D eigenvalue weighted by Crippen LogP contribution is -2.12. The minimum Gasteiger partial charge on any atom is -0.353 e. The van der Waals surface area contributed by atoms with Crippen molar-refractivity contribution in [3.05, 3.63) is 102 Å². The van der Waals surface area contributed by atoms with Crippen LogP contribution in [0.1, 0.15) is 52.7 Å². The molecule has 0 aliphatic heterocycles. The number of para-hydroxylation sites is 2. The van der Waals surface area contributed by atoms with Crippen molar-refractivity contribution in [1.82, 2.24) is 9.55 Å². The zero-order chi connectivity index (χ0) is 25.2. The minimum absolute atomic E-state index is 0.0630. The van der Waals surface area contributed by atoms with Crippen molar-refractivity contribution in [3.8, 4) is 16.8 Å². The summed E-state index contributed by atoms with van der Waals surface area (Å²) in [6, 6.07) is 33.6. The fourth-order valence-corrected chi connectivity index (χ4v) is 5.38. The average Bonchev–Trinajstić information content (AvgIpc) is 3.37. The Hall–Kier alpha value is -3.78. The Kier molecular flexibility index (Phi) is 4.95. The van der Waals surface area contributed by atoms with Gasteiger partial charge in [-0.2, -0.15) is 0 Å². The quantitative estimate of drug-likeness (QED) is 0.260. The lowest BCUT2D eigenvalue weighted by atomic mass is 9.83. The number of benzene rings is 4. The maximum Gasteiger partial charge on any atom is 0.0798 e. The third-order valence-corrected chi connectivity index (χ3v) is 7.48. The van der Waals surface area contributed by atoms with Crippen molar-refractivity contribution in [1.29, 1.82) is 0 Å². The standard InChI is InChI=1S/C34H34N2/c1-33(2,3)23-17-15-22(16-18-23)27-21-24(34(4,5)6)19-20-30(27)36-29-14-10-8-12-26(29)31-32(36)25-11-7-9-13-28(25)35-31/h7-21,35H,1-6H3. The highest BCUT2D eigenvalue weighted by atomic mass is 15.0. The maximum atomic E-state index is 3.71. The Balaban J connectivity index is 1.71. The monoisotopic (exact) mass is 470 g/mol. The van der Waals surface area contributed by atoms with Crippen LogP contribution in [0, 0.1) is 0 Å². The van der Waals surface area contributed by atoms with Crippen LogP contribution in [0.2, 0.25) is 0 Å². The summed E-state index contributed by atoms with van der Waals surface area (Å²) < 4.78 is 2.46. The summed E-state index contributed by atoms with van der Waals surface area (Å²) in [7, 11) is 0. The Morgan fingerprint density at radius 2 is 1.22 bits per heavy atom. The molecule has 2 nitrogen and oxygen atoms in total. The fourth-order valence-electron chi connectivity index (χ4n) is 5.38. The van der Waals surface area contributed by atoms with Gasteiger partial charge in [-0.3, -0.25) is 0 Å². The van der Waals surface area contributed by atoms with E-state index in [4.69, 9.17) is 0 Å². The number of fused-ring (bicyclic) bond motifs is 5. The summed E-state index contributed by atoms with van der Waals surface area (Å²) in [5.74, 6) is 0. The molecule has 2 aromatic heterocycles. The highest BCUT2D eigenvalue weighted by molar-refractivity contribution is 6.18. The second-order valence-corrected chi connectivity index (χ2v) is 12.1. The number of nitrogens with zero attached hydrogens (tertiary/aromatic N) is 1. The summed E-state index contributed by atoms with van der Waals surface area (Å²) in [6.45, 7) is 13.7. The Morgan fingerprint density at radius 3 is 1.92 bits per heavy atom. The highest BCUT2D eigenvalue weighted by Gasteiger charge is 2.22. The first kappa shape index (κ1) is 22.7. The zero-order valence-electron chi connectivity index (χ0n) is 22.1. The van der Waals surface area contributed by atoms with Crippen molar-refractivity contribution >= 4 is 32.8 Å². The van der Waals surface area contributed by atoms with E-state index in [1.165, 1.54) is 60.8 Å². The highest BCUT2D eigenvalue weighted by Crippen LogP contribution is 2.41. The predicted octanol–water partition coefficient (Wildman–Crippen LogP) is 9.53. The third kappa shape index (κ3) is 3.55. The molecule has 6 aromatic rings. The van der Waals surface area contributed by atoms with Gasteiger partial charge in [-0.25, -0.2) is 0 Å². The van der Waals surface area contributed by atoms with Gasteiger partial charge in [0.2, 0.25) is 0 Å². The van der Waals surface area contributed by atoms with Crippen LogP contribution in [0.5, 0.6) is 0 Å². The first-order chi connectivity index (χ1) is 17.1. The van der Waals surface area contributed by atoms with Gasteiger partial charge in [0.05, 0.1) is 22.2 Å². The normalized spacial score (nSPS) is 12.7. The molecule has 0 amide bonds. The van der Waals surface area contributed by atoms with Crippen LogP contribution in [-0.2, 0) is 10.8 Å². The summed E-state index contributed by atoms with van der Waals surface area (Å²) in [4.78, 5) is 3.71. The van der Waals surface area contributed by atoms with E-state index in [0.717, 1.165) is 0 Å². The summed E-state index contributed by atoms with van der Waals surface area (Å²) in [5.41, 5.74) is 11.4. The van der Waals surface area contributed by atoms with Gasteiger partial charge in [0.25, 0.3) is 0 Å². The van der Waals surface area contributed by atoms with Crippen LogP contribution in [0.3, 0.4) is 0 Å². The molecular weight excluding hydrogens is 436 g/mol. The molecular formula is C34H34N2. The number of aromatic amines is 1. The zero-order valence-corrected chi connectivity index (χ0v) is 22.1. The van der Waals surface area contributed by atoms with E-state index in [1.54, 1.807) is 0 Å². The molecule has 0 aliphatic rings. The summed E-state index contributed by atoms with van der Waals surface area (Å²) in [6.07, 6.45) is 0. The molecule has 0 radical (unpaired) electrons. The van der Waals surface area contributed by atoms with E-state index >= 15 is 0 Å². The number of aromatic nitrogens is 2. The van der Waals surface area contributed by atoms with Crippen LogP contribution in [0.4, 0.5) is 0 Å². The minimum atomic E-state index is 0.0630. The number of rotatable bonds is 2. The predicted molar refractivity (Wildman–Crippen MR) is 155 cm³/mol. The van der Waals surface area contributed by atoms with E-state index in [-0.39, 0.29) is 10.8 Å². The topological polar surface area (TPSA) is 20.7 Å². The first-order valence-electron chi connectivity index (χ1n) is 12.9. The first-order valence-corrected chi connectivity index (χ1v) is 12.9. The van der Waals surface area contributed by atoms with E-state index in [2.05, 4.69) is 142 Å². The van der Waals surface area contributed by atoms with Gasteiger partial charge >= 0.3 is 0 Å². The van der Waals surface area contributed by atoms with Gasteiger partial charge < -0.3 is 9.55 Å².